The van der Waals surface area contributed by atoms with Crippen LogP contribution in [0.2, 0.25) is 0 Å². The number of hydrogen-bond donors (Lipinski definition) is 1. The number of carboxylic acid groups (broad SMARTS) is 1. The van der Waals surface area contributed by atoms with Gasteiger partial charge in [0, 0.05) is 18.2 Å². The van der Waals surface area contributed by atoms with Gasteiger partial charge >= 0.3 is 5.97 Å². The fraction of sp³-hybridized carbons (Fsp3) is 0.364. The molecule has 2 aromatic rings. The van der Waals surface area contributed by atoms with Gasteiger partial charge in [-0.25, -0.2) is 4.79 Å². The summed E-state index contributed by atoms with van der Waals surface area (Å²) >= 11 is 0. The molecule has 1 N–H and O–H groups in total. The lowest BCUT2D eigenvalue weighted by Gasteiger charge is -2.29. The Kier molecular flexibility index (Phi) is 6.47. The van der Waals surface area contributed by atoms with Crippen molar-refractivity contribution < 1.29 is 19.4 Å². The molecule has 0 radical (unpaired) electrons. The van der Waals surface area contributed by atoms with Crippen molar-refractivity contribution in [3.8, 4) is 5.75 Å². The molecule has 2 aromatic carbocycles. The van der Waals surface area contributed by atoms with Gasteiger partial charge in [-0.3, -0.25) is 4.79 Å². The molecule has 0 heterocycles. The minimum absolute atomic E-state index is 0.0152. The van der Waals surface area contributed by atoms with Crippen LogP contribution in [0.3, 0.4) is 0 Å². The van der Waals surface area contributed by atoms with E-state index in [0.717, 1.165) is 32.1 Å². The second-order valence-electron chi connectivity index (χ2n) is 6.88. The first-order valence-electron chi connectivity index (χ1n) is 9.43. The van der Waals surface area contributed by atoms with E-state index < -0.39 is 12.6 Å². The monoisotopic (exact) mass is 367 g/mol. The van der Waals surface area contributed by atoms with E-state index in [9.17, 15) is 9.59 Å². The molecule has 27 heavy (non-hydrogen) atoms. The minimum atomic E-state index is -1.04. The predicted molar refractivity (Wildman–Crippen MR) is 103 cm³/mol. The highest BCUT2D eigenvalue weighted by molar-refractivity contribution is 5.94. The minimum Gasteiger partial charge on any atom is -0.482 e. The van der Waals surface area contributed by atoms with E-state index >= 15 is 0 Å². The lowest BCUT2D eigenvalue weighted by Crippen LogP contribution is -2.40. The van der Waals surface area contributed by atoms with Crippen LogP contribution >= 0.6 is 0 Å². The standard InChI is InChI=1S/C22H25NO4/c24-21(25)16-27-20-12-6-9-18(15-20)22(26)23(19-10-4-5-11-19)14-13-17-7-2-1-3-8-17/h1-3,6-9,12,15,19H,4-5,10-11,13-14,16H2,(H,24,25). The Labute approximate surface area is 159 Å². The van der Waals surface area contributed by atoms with Crippen molar-refractivity contribution in [1.29, 1.82) is 0 Å². The second-order valence-corrected chi connectivity index (χ2v) is 6.88. The average molecular weight is 367 g/mol. The maximum Gasteiger partial charge on any atom is 0.341 e. The molecule has 142 valence electrons. The number of carboxylic acids is 1. The molecular formula is C22H25NO4. The Morgan fingerprint density at radius 2 is 1.78 bits per heavy atom. The van der Waals surface area contributed by atoms with Crippen LogP contribution in [0.5, 0.6) is 5.75 Å². The molecule has 0 atom stereocenters. The first kappa shape index (κ1) is 19.0. The summed E-state index contributed by atoms with van der Waals surface area (Å²) in [6, 6.07) is 17.3. The van der Waals surface area contributed by atoms with E-state index in [4.69, 9.17) is 9.84 Å². The zero-order chi connectivity index (χ0) is 19.1. The summed E-state index contributed by atoms with van der Waals surface area (Å²) < 4.78 is 5.22. The van der Waals surface area contributed by atoms with Crippen LogP contribution in [0.4, 0.5) is 0 Å². The molecule has 5 heteroatoms. The number of ether oxygens (including phenoxy) is 1. The van der Waals surface area contributed by atoms with Crippen LogP contribution in [-0.4, -0.2) is 41.1 Å². The first-order chi connectivity index (χ1) is 13.1. The molecule has 0 aliphatic heterocycles. The van der Waals surface area contributed by atoms with Crippen LogP contribution in [0, 0.1) is 0 Å². The Morgan fingerprint density at radius 3 is 2.48 bits per heavy atom. The van der Waals surface area contributed by atoms with Gasteiger partial charge in [0.15, 0.2) is 6.61 Å². The van der Waals surface area contributed by atoms with Crippen molar-refractivity contribution >= 4 is 11.9 Å². The second kappa shape index (κ2) is 9.21. The number of hydrogen-bond acceptors (Lipinski definition) is 3. The third kappa shape index (κ3) is 5.33. The van der Waals surface area contributed by atoms with Gasteiger partial charge in [-0.2, -0.15) is 0 Å². The SMILES string of the molecule is O=C(O)COc1cccc(C(=O)N(CCc2ccccc2)C2CCCC2)c1. The number of benzene rings is 2. The van der Waals surface area contributed by atoms with Crippen LogP contribution < -0.4 is 4.74 Å². The summed E-state index contributed by atoms with van der Waals surface area (Å²) in [4.78, 5) is 25.9. The van der Waals surface area contributed by atoms with Gasteiger partial charge in [-0.05, 0) is 43.0 Å². The van der Waals surface area contributed by atoms with Gasteiger partial charge in [-0.15, -0.1) is 0 Å². The molecule has 1 aliphatic rings. The van der Waals surface area contributed by atoms with E-state index in [-0.39, 0.29) is 11.9 Å². The van der Waals surface area contributed by atoms with Gasteiger partial charge in [0.05, 0.1) is 0 Å². The number of amides is 1. The van der Waals surface area contributed by atoms with E-state index in [1.54, 1.807) is 24.3 Å². The zero-order valence-corrected chi connectivity index (χ0v) is 15.3. The lowest BCUT2D eigenvalue weighted by atomic mass is 10.1. The molecule has 5 nitrogen and oxygen atoms in total. The summed E-state index contributed by atoms with van der Waals surface area (Å²) in [5.74, 6) is -0.654. The molecule has 1 aliphatic carbocycles. The summed E-state index contributed by atoms with van der Waals surface area (Å²) in [7, 11) is 0. The Morgan fingerprint density at radius 1 is 1.04 bits per heavy atom. The van der Waals surface area contributed by atoms with Crippen molar-refractivity contribution in [2.75, 3.05) is 13.2 Å². The Hall–Kier alpha value is -2.82. The Balaban J connectivity index is 1.74. The van der Waals surface area contributed by atoms with E-state index in [2.05, 4.69) is 12.1 Å². The predicted octanol–water partition coefficient (Wildman–Crippen LogP) is 3.78. The fourth-order valence-electron chi connectivity index (χ4n) is 3.59. The molecule has 0 saturated heterocycles. The van der Waals surface area contributed by atoms with Crippen LogP contribution in [0.1, 0.15) is 41.6 Å². The normalized spacial score (nSPS) is 14.1. The quantitative estimate of drug-likeness (QED) is 0.771. The first-order valence-corrected chi connectivity index (χ1v) is 9.43. The molecule has 0 bridgehead atoms. The molecule has 0 aromatic heterocycles. The number of nitrogens with zero attached hydrogens (tertiary/aromatic N) is 1. The Bertz CT molecular complexity index is 769. The van der Waals surface area contributed by atoms with E-state index in [0.29, 0.717) is 17.9 Å². The zero-order valence-electron chi connectivity index (χ0n) is 15.3. The molecule has 0 unspecified atom stereocenters. The summed E-state index contributed by atoms with van der Waals surface area (Å²) in [6.07, 6.45) is 5.20. The maximum absolute atomic E-state index is 13.2. The average Bonchev–Trinajstić information content (AvgIpc) is 3.22. The third-order valence-corrected chi connectivity index (χ3v) is 4.95. The highest BCUT2D eigenvalue weighted by atomic mass is 16.5. The molecule has 0 spiro atoms. The smallest absolute Gasteiger partial charge is 0.341 e. The maximum atomic E-state index is 13.2. The van der Waals surface area contributed by atoms with E-state index in [1.807, 2.05) is 23.1 Å². The molecule has 3 rings (SSSR count). The number of rotatable bonds is 8. The number of aliphatic carboxylic acids is 1. The fourth-order valence-corrected chi connectivity index (χ4v) is 3.59. The molecule has 1 amide bonds. The van der Waals surface area contributed by atoms with E-state index in [1.165, 1.54) is 5.56 Å². The molecule has 1 fully saturated rings. The van der Waals surface area contributed by atoms with Crippen LogP contribution in [-0.2, 0) is 11.2 Å². The van der Waals surface area contributed by atoms with Crippen molar-refractivity contribution in [3.63, 3.8) is 0 Å². The molecular weight excluding hydrogens is 342 g/mol. The van der Waals surface area contributed by atoms with Crippen molar-refractivity contribution in [2.45, 2.75) is 38.1 Å². The van der Waals surface area contributed by atoms with Gasteiger partial charge in [0.25, 0.3) is 5.91 Å². The van der Waals surface area contributed by atoms with Gasteiger partial charge in [0.1, 0.15) is 5.75 Å². The van der Waals surface area contributed by atoms with Crippen molar-refractivity contribution in [2.24, 2.45) is 0 Å². The summed E-state index contributed by atoms with van der Waals surface area (Å²) in [5, 5.41) is 8.76. The number of carbonyl (C=O) groups excluding carboxylic acids is 1. The van der Waals surface area contributed by atoms with Gasteiger partial charge < -0.3 is 14.7 Å². The highest BCUT2D eigenvalue weighted by Gasteiger charge is 2.27. The topological polar surface area (TPSA) is 66.8 Å². The van der Waals surface area contributed by atoms with Gasteiger partial charge in [0.2, 0.25) is 0 Å². The number of carbonyl (C=O) groups is 2. The lowest BCUT2D eigenvalue weighted by molar-refractivity contribution is -0.139. The van der Waals surface area contributed by atoms with Crippen molar-refractivity contribution in [3.05, 3.63) is 65.7 Å². The van der Waals surface area contributed by atoms with Crippen LogP contribution in [0.25, 0.3) is 0 Å². The van der Waals surface area contributed by atoms with Gasteiger partial charge in [-0.1, -0.05) is 49.2 Å². The summed E-state index contributed by atoms with van der Waals surface area (Å²) in [6.45, 7) is 0.256. The highest BCUT2D eigenvalue weighted by Crippen LogP contribution is 2.26. The molecule has 1 saturated carbocycles. The summed E-state index contributed by atoms with van der Waals surface area (Å²) in [5.41, 5.74) is 1.75. The third-order valence-electron chi connectivity index (χ3n) is 4.95. The van der Waals surface area contributed by atoms with Crippen LogP contribution in [0.15, 0.2) is 54.6 Å². The largest absolute Gasteiger partial charge is 0.482 e. The van der Waals surface area contributed by atoms with Crippen molar-refractivity contribution in [1.82, 2.24) is 4.90 Å².